The van der Waals surface area contributed by atoms with Crippen molar-refractivity contribution in [1.29, 1.82) is 0 Å². The third-order valence-corrected chi connectivity index (χ3v) is 5.36. The Hall–Kier alpha value is -1.95. The molecule has 6 heteroatoms. The van der Waals surface area contributed by atoms with Crippen LogP contribution in [0.2, 0.25) is 0 Å². The van der Waals surface area contributed by atoms with Gasteiger partial charge in [-0.15, -0.1) is 11.3 Å². The molecule has 1 N–H and O–H groups in total. The predicted molar refractivity (Wildman–Crippen MR) is 94.5 cm³/mol. The highest BCUT2D eigenvalue weighted by Gasteiger charge is 2.20. The van der Waals surface area contributed by atoms with Crippen LogP contribution in [0.25, 0.3) is 0 Å². The summed E-state index contributed by atoms with van der Waals surface area (Å²) in [6, 6.07) is 4.11. The van der Waals surface area contributed by atoms with Gasteiger partial charge in [-0.05, 0) is 38.8 Å². The molecule has 128 valence electrons. The first kappa shape index (κ1) is 16.9. The number of nitrogens with zero attached hydrogens (tertiary/aromatic N) is 2. The van der Waals surface area contributed by atoms with Gasteiger partial charge in [-0.1, -0.05) is 19.3 Å². The maximum atomic E-state index is 12.5. The predicted octanol–water partition coefficient (Wildman–Crippen LogP) is 3.80. The molecule has 24 heavy (non-hydrogen) atoms. The first-order valence-corrected chi connectivity index (χ1v) is 9.26. The highest BCUT2D eigenvalue weighted by atomic mass is 32.1. The number of carbonyl (C=O) groups is 1. The molecular weight excluding hydrogens is 322 g/mol. The smallest absolute Gasteiger partial charge is 0.263 e. The van der Waals surface area contributed by atoms with E-state index in [1.165, 1.54) is 30.6 Å². The molecule has 2 aromatic rings. The summed E-state index contributed by atoms with van der Waals surface area (Å²) in [5.41, 5.74) is 1.73. The van der Waals surface area contributed by atoms with E-state index < -0.39 is 0 Å². The van der Waals surface area contributed by atoms with Crippen molar-refractivity contribution >= 4 is 17.2 Å². The molecule has 1 fully saturated rings. The van der Waals surface area contributed by atoms with Crippen molar-refractivity contribution in [1.82, 2.24) is 15.3 Å². The normalized spacial score (nSPS) is 15.2. The van der Waals surface area contributed by atoms with Crippen LogP contribution in [0.15, 0.2) is 18.3 Å². The number of carbonyl (C=O) groups excluding carboxylic acids is 1. The summed E-state index contributed by atoms with van der Waals surface area (Å²) in [5, 5.41) is 3.96. The lowest BCUT2D eigenvalue weighted by Crippen LogP contribution is -2.36. The molecule has 0 unspecified atom stereocenters. The SMILES string of the molecule is Cc1ccc(OCc2nc(C)c(C(=O)NC3CCCCC3)s2)cn1. The summed E-state index contributed by atoms with van der Waals surface area (Å²) >= 11 is 1.41. The van der Waals surface area contributed by atoms with Crippen LogP contribution >= 0.6 is 11.3 Å². The molecule has 0 spiro atoms. The number of rotatable bonds is 5. The zero-order valence-electron chi connectivity index (χ0n) is 14.2. The second kappa shape index (κ2) is 7.75. The number of hydrogen-bond donors (Lipinski definition) is 1. The summed E-state index contributed by atoms with van der Waals surface area (Å²) < 4.78 is 5.70. The van der Waals surface area contributed by atoms with E-state index >= 15 is 0 Å². The Morgan fingerprint density at radius 1 is 1.29 bits per heavy atom. The van der Waals surface area contributed by atoms with Crippen LogP contribution in [0.5, 0.6) is 5.75 Å². The van der Waals surface area contributed by atoms with E-state index in [-0.39, 0.29) is 5.91 Å². The van der Waals surface area contributed by atoms with E-state index in [4.69, 9.17) is 4.74 Å². The lowest BCUT2D eigenvalue weighted by Gasteiger charge is -2.22. The molecule has 3 rings (SSSR count). The highest BCUT2D eigenvalue weighted by Crippen LogP contribution is 2.22. The zero-order chi connectivity index (χ0) is 16.9. The van der Waals surface area contributed by atoms with Crippen molar-refractivity contribution in [2.45, 2.75) is 58.6 Å². The average Bonchev–Trinajstić information content (AvgIpc) is 2.96. The summed E-state index contributed by atoms with van der Waals surface area (Å²) in [5.74, 6) is 0.710. The average molecular weight is 345 g/mol. The Morgan fingerprint density at radius 2 is 2.08 bits per heavy atom. The first-order chi connectivity index (χ1) is 11.6. The van der Waals surface area contributed by atoms with Crippen molar-refractivity contribution in [3.05, 3.63) is 39.6 Å². The monoisotopic (exact) mass is 345 g/mol. The van der Waals surface area contributed by atoms with Crippen molar-refractivity contribution in [3.8, 4) is 5.75 Å². The number of aryl methyl sites for hydroxylation is 2. The van der Waals surface area contributed by atoms with Crippen LogP contribution in [-0.2, 0) is 6.61 Å². The standard InChI is InChI=1S/C18H23N3O2S/c1-12-8-9-15(10-19-12)23-11-16-20-13(2)17(24-16)18(22)21-14-6-4-3-5-7-14/h8-10,14H,3-7,11H2,1-2H3,(H,21,22). The molecule has 0 radical (unpaired) electrons. The van der Waals surface area contributed by atoms with E-state index in [2.05, 4.69) is 15.3 Å². The van der Waals surface area contributed by atoms with Gasteiger partial charge in [-0.25, -0.2) is 4.98 Å². The first-order valence-electron chi connectivity index (χ1n) is 8.44. The number of pyridine rings is 1. The van der Waals surface area contributed by atoms with Gasteiger partial charge in [0, 0.05) is 11.7 Å². The molecular formula is C18H23N3O2S. The molecule has 0 saturated heterocycles. The van der Waals surface area contributed by atoms with E-state index in [1.54, 1.807) is 6.20 Å². The van der Waals surface area contributed by atoms with E-state index in [1.807, 2.05) is 26.0 Å². The van der Waals surface area contributed by atoms with Crippen molar-refractivity contribution in [2.24, 2.45) is 0 Å². The molecule has 5 nitrogen and oxygen atoms in total. The van der Waals surface area contributed by atoms with Crippen molar-refractivity contribution in [2.75, 3.05) is 0 Å². The largest absolute Gasteiger partial charge is 0.485 e. The Balaban J connectivity index is 1.59. The number of nitrogens with one attached hydrogen (secondary N) is 1. The molecule has 0 aromatic carbocycles. The molecule has 1 saturated carbocycles. The van der Waals surface area contributed by atoms with Crippen LogP contribution in [-0.4, -0.2) is 21.9 Å². The second-order valence-corrected chi connectivity index (χ2v) is 7.34. The third kappa shape index (κ3) is 4.32. The number of ether oxygens (including phenoxy) is 1. The molecule has 0 aliphatic heterocycles. The van der Waals surface area contributed by atoms with Crippen molar-refractivity contribution < 1.29 is 9.53 Å². The number of aromatic nitrogens is 2. The minimum absolute atomic E-state index is 0.000141. The molecule has 0 bridgehead atoms. The zero-order valence-corrected chi connectivity index (χ0v) is 15.0. The van der Waals surface area contributed by atoms with Gasteiger partial charge in [0.1, 0.15) is 22.2 Å². The Morgan fingerprint density at radius 3 is 2.79 bits per heavy atom. The van der Waals surface area contributed by atoms with Crippen molar-refractivity contribution in [3.63, 3.8) is 0 Å². The maximum Gasteiger partial charge on any atom is 0.263 e. The topological polar surface area (TPSA) is 64.1 Å². The van der Waals surface area contributed by atoms with E-state index in [0.717, 1.165) is 29.2 Å². The van der Waals surface area contributed by atoms with Gasteiger partial charge in [0.25, 0.3) is 5.91 Å². The Kier molecular flexibility index (Phi) is 5.45. The van der Waals surface area contributed by atoms with E-state index in [0.29, 0.717) is 23.3 Å². The molecule has 1 aliphatic rings. The fraction of sp³-hybridized carbons (Fsp3) is 0.500. The molecule has 2 heterocycles. The van der Waals surface area contributed by atoms with Gasteiger partial charge < -0.3 is 10.1 Å². The Bertz CT molecular complexity index is 691. The summed E-state index contributed by atoms with van der Waals surface area (Å²) in [4.78, 5) is 21.8. The minimum atomic E-state index is 0.000141. The number of amides is 1. The molecule has 1 amide bonds. The molecule has 2 aromatic heterocycles. The highest BCUT2D eigenvalue weighted by molar-refractivity contribution is 7.13. The quantitative estimate of drug-likeness (QED) is 0.895. The summed E-state index contributed by atoms with van der Waals surface area (Å²) in [6.07, 6.45) is 7.56. The summed E-state index contributed by atoms with van der Waals surface area (Å²) in [6.45, 7) is 4.17. The number of thiazole rings is 1. The van der Waals surface area contributed by atoms with Crippen LogP contribution in [0.1, 0.15) is 58.2 Å². The fourth-order valence-corrected chi connectivity index (χ4v) is 3.79. The van der Waals surface area contributed by atoms with Crippen LogP contribution in [0.3, 0.4) is 0 Å². The molecule has 1 aliphatic carbocycles. The summed E-state index contributed by atoms with van der Waals surface area (Å²) in [7, 11) is 0. The Labute approximate surface area is 146 Å². The second-order valence-electron chi connectivity index (χ2n) is 6.25. The lowest BCUT2D eigenvalue weighted by molar-refractivity contribution is 0.0931. The van der Waals surface area contributed by atoms with Gasteiger partial charge in [-0.2, -0.15) is 0 Å². The van der Waals surface area contributed by atoms with Gasteiger partial charge in [0.15, 0.2) is 0 Å². The van der Waals surface area contributed by atoms with Gasteiger partial charge >= 0.3 is 0 Å². The fourth-order valence-electron chi connectivity index (χ4n) is 2.91. The van der Waals surface area contributed by atoms with Gasteiger partial charge in [0.05, 0.1) is 11.9 Å². The molecule has 0 atom stereocenters. The minimum Gasteiger partial charge on any atom is -0.485 e. The van der Waals surface area contributed by atoms with E-state index in [9.17, 15) is 4.79 Å². The maximum absolute atomic E-state index is 12.5. The van der Waals surface area contributed by atoms with Crippen LogP contribution < -0.4 is 10.1 Å². The van der Waals surface area contributed by atoms with Gasteiger partial charge in [0.2, 0.25) is 0 Å². The van der Waals surface area contributed by atoms with Crippen LogP contribution in [0.4, 0.5) is 0 Å². The van der Waals surface area contributed by atoms with Gasteiger partial charge in [-0.3, -0.25) is 9.78 Å². The number of hydrogen-bond acceptors (Lipinski definition) is 5. The van der Waals surface area contributed by atoms with Crippen LogP contribution in [0, 0.1) is 13.8 Å². The third-order valence-electron chi connectivity index (χ3n) is 4.23. The lowest BCUT2D eigenvalue weighted by atomic mass is 9.95.